The number of nitrogens with zero attached hydrogens (tertiary/aromatic N) is 1. The van der Waals surface area contributed by atoms with Crippen molar-refractivity contribution in [3.8, 4) is 5.75 Å². The van der Waals surface area contributed by atoms with Gasteiger partial charge in [0.2, 0.25) is 0 Å². The van der Waals surface area contributed by atoms with Gasteiger partial charge in [0.15, 0.2) is 0 Å². The molecule has 0 amide bonds. The Bertz CT molecular complexity index is 454. The number of benzene rings is 1. The summed E-state index contributed by atoms with van der Waals surface area (Å²) in [5, 5.41) is 4.37. The minimum absolute atomic E-state index is 0.513. The Labute approximate surface area is 127 Å². The Balaban J connectivity index is 2.02. The monoisotopic (exact) mass is 296 g/mol. The predicted molar refractivity (Wildman–Crippen MR) is 86.1 cm³/mol. The van der Waals surface area contributed by atoms with Crippen molar-refractivity contribution < 1.29 is 4.74 Å². The summed E-state index contributed by atoms with van der Waals surface area (Å²) in [6.07, 6.45) is 2.34. The molecule has 20 heavy (non-hydrogen) atoms. The molecule has 1 aliphatic heterocycles. The second kappa shape index (κ2) is 6.68. The van der Waals surface area contributed by atoms with Gasteiger partial charge in [0.1, 0.15) is 5.75 Å². The molecule has 1 fully saturated rings. The molecule has 2 rings (SSSR count). The smallest absolute Gasteiger partial charge is 0.143 e. The van der Waals surface area contributed by atoms with Crippen LogP contribution in [0.15, 0.2) is 12.1 Å². The summed E-state index contributed by atoms with van der Waals surface area (Å²) in [5.41, 5.74) is 2.13. The van der Waals surface area contributed by atoms with Crippen LogP contribution >= 0.6 is 11.6 Å². The molecular formula is C16H25ClN2O. The molecule has 1 heterocycles. The number of halogens is 1. The maximum atomic E-state index is 6.15. The predicted octanol–water partition coefficient (Wildman–Crippen LogP) is 3.94. The van der Waals surface area contributed by atoms with Gasteiger partial charge in [-0.3, -0.25) is 0 Å². The molecule has 0 radical (unpaired) electrons. The largest absolute Gasteiger partial charge is 0.495 e. The zero-order chi connectivity index (χ0) is 14.7. The van der Waals surface area contributed by atoms with Crippen molar-refractivity contribution in [2.75, 3.05) is 25.5 Å². The molecule has 0 saturated carbocycles. The Morgan fingerprint density at radius 3 is 2.50 bits per heavy atom. The number of hydrogen-bond acceptors (Lipinski definition) is 3. The van der Waals surface area contributed by atoms with Gasteiger partial charge in [-0.1, -0.05) is 11.6 Å². The van der Waals surface area contributed by atoms with Crippen LogP contribution in [0.2, 0.25) is 5.02 Å². The third-order valence-electron chi connectivity index (χ3n) is 4.10. The van der Waals surface area contributed by atoms with E-state index in [0.29, 0.717) is 12.1 Å². The normalized spacial score (nSPS) is 17.5. The van der Waals surface area contributed by atoms with Gasteiger partial charge < -0.3 is 15.0 Å². The third-order valence-corrected chi connectivity index (χ3v) is 4.51. The molecule has 4 heteroatoms. The topological polar surface area (TPSA) is 24.5 Å². The number of nitrogens with one attached hydrogen (secondary N) is 1. The molecule has 0 bridgehead atoms. The van der Waals surface area contributed by atoms with Crippen molar-refractivity contribution in [3.05, 3.63) is 22.7 Å². The molecule has 0 unspecified atom stereocenters. The summed E-state index contributed by atoms with van der Waals surface area (Å²) in [6, 6.07) is 5.13. The Morgan fingerprint density at radius 2 is 1.95 bits per heavy atom. The number of likely N-dealkylation sites (tertiary alicyclic amines) is 1. The van der Waals surface area contributed by atoms with Crippen molar-refractivity contribution >= 4 is 17.3 Å². The Morgan fingerprint density at radius 1 is 1.30 bits per heavy atom. The number of rotatable bonds is 4. The number of piperidine rings is 1. The quantitative estimate of drug-likeness (QED) is 0.911. The second-order valence-corrected chi connectivity index (χ2v) is 6.26. The maximum absolute atomic E-state index is 6.15. The van der Waals surface area contributed by atoms with Gasteiger partial charge in [0.05, 0.1) is 12.8 Å². The standard InChI is InChI=1S/C16H25ClN2O/c1-11(2)19-7-5-13(6-8-19)18-15-9-12(3)14(17)10-16(15)20-4/h9-11,13,18H,5-8H2,1-4H3. The van der Waals surface area contributed by atoms with Crippen molar-refractivity contribution in [2.45, 2.75) is 45.7 Å². The lowest BCUT2D eigenvalue weighted by Crippen LogP contribution is -2.42. The highest BCUT2D eigenvalue weighted by molar-refractivity contribution is 6.31. The highest BCUT2D eigenvalue weighted by atomic mass is 35.5. The maximum Gasteiger partial charge on any atom is 0.143 e. The van der Waals surface area contributed by atoms with Gasteiger partial charge in [-0.2, -0.15) is 0 Å². The van der Waals surface area contributed by atoms with E-state index in [4.69, 9.17) is 16.3 Å². The molecule has 112 valence electrons. The van der Waals surface area contributed by atoms with Gasteiger partial charge >= 0.3 is 0 Å². The number of methoxy groups -OCH3 is 1. The van der Waals surface area contributed by atoms with Gasteiger partial charge in [-0.15, -0.1) is 0 Å². The van der Waals surface area contributed by atoms with E-state index in [1.54, 1.807) is 7.11 Å². The highest BCUT2D eigenvalue weighted by Gasteiger charge is 2.21. The Hall–Kier alpha value is -0.930. The van der Waals surface area contributed by atoms with E-state index in [1.807, 2.05) is 13.0 Å². The molecule has 1 saturated heterocycles. The average Bonchev–Trinajstić information content (AvgIpc) is 2.43. The molecule has 3 nitrogen and oxygen atoms in total. The first-order valence-electron chi connectivity index (χ1n) is 7.36. The summed E-state index contributed by atoms with van der Waals surface area (Å²) in [7, 11) is 1.69. The number of aryl methyl sites for hydroxylation is 1. The molecular weight excluding hydrogens is 272 g/mol. The molecule has 1 N–H and O–H groups in total. The second-order valence-electron chi connectivity index (χ2n) is 5.85. The average molecular weight is 297 g/mol. The fourth-order valence-corrected chi connectivity index (χ4v) is 2.88. The fraction of sp³-hybridized carbons (Fsp3) is 0.625. The summed E-state index contributed by atoms with van der Waals surface area (Å²) in [5.74, 6) is 0.826. The van der Waals surface area contributed by atoms with E-state index in [0.717, 1.165) is 35.1 Å². The van der Waals surface area contributed by atoms with Gasteiger partial charge in [-0.25, -0.2) is 0 Å². The summed E-state index contributed by atoms with van der Waals surface area (Å²) < 4.78 is 5.42. The third kappa shape index (κ3) is 3.58. The van der Waals surface area contributed by atoms with Crippen LogP contribution in [0.5, 0.6) is 5.75 Å². The van der Waals surface area contributed by atoms with E-state index < -0.39 is 0 Å². The van der Waals surface area contributed by atoms with Crippen molar-refractivity contribution in [3.63, 3.8) is 0 Å². The summed E-state index contributed by atoms with van der Waals surface area (Å²) in [6.45, 7) is 8.86. The van der Waals surface area contributed by atoms with Crippen molar-refractivity contribution in [2.24, 2.45) is 0 Å². The van der Waals surface area contributed by atoms with E-state index in [-0.39, 0.29) is 0 Å². The van der Waals surface area contributed by atoms with Crippen LogP contribution in [0.3, 0.4) is 0 Å². The van der Waals surface area contributed by atoms with Gasteiger partial charge in [0, 0.05) is 36.3 Å². The SMILES string of the molecule is COc1cc(Cl)c(C)cc1NC1CCN(C(C)C)CC1. The van der Waals surface area contributed by atoms with Crippen LogP contribution < -0.4 is 10.1 Å². The summed E-state index contributed by atoms with van der Waals surface area (Å²) >= 11 is 6.15. The number of anilines is 1. The summed E-state index contributed by atoms with van der Waals surface area (Å²) in [4.78, 5) is 2.53. The lowest BCUT2D eigenvalue weighted by atomic mass is 10.0. The van der Waals surface area contributed by atoms with Crippen LogP contribution in [0.25, 0.3) is 0 Å². The lowest BCUT2D eigenvalue weighted by molar-refractivity contribution is 0.177. The molecule has 0 atom stereocenters. The van der Waals surface area contributed by atoms with E-state index in [9.17, 15) is 0 Å². The van der Waals surface area contributed by atoms with E-state index in [2.05, 4.69) is 30.1 Å². The first kappa shape index (κ1) is 15.5. The van der Waals surface area contributed by atoms with Crippen LogP contribution in [0.4, 0.5) is 5.69 Å². The highest BCUT2D eigenvalue weighted by Crippen LogP contribution is 2.32. The first-order chi connectivity index (χ1) is 9.51. The fourth-order valence-electron chi connectivity index (χ4n) is 2.73. The molecule has 1 aromatic rings. The minimum Gasteiger partial charge on any atom is -0.495 e. The van der Waals surface area contributed by atoms with Crippen LogP contribution in [-0.4, -0.2) is 37.2 Å². The molecule has 1 aliphatic rings. The van der Waals surface area contributed by atoms with E-state index >= 15 is 0 Å². The molecule has 0 spiro atoms. The number of ether oxygens (including phenoxy) is 1. The van der Waals surface area contributed by atoms with Crippen LogP contribution in [0.1, 0.15) is 32.3 Å². The zero-order valence-corrected chi connectivity index (χ0v) is 13.6. The molecule has 0 aromatic heterocycles. The first-order valence-corrected chi connectivity index (χ1v) is 7.73. The van der Waals surface area contributed by atoms with E-state index in [1.165, 1.54) is 12.8 Å². The van der Waals surface area contributed by atoms with Crippen molar-refractivity contribution in [1.82, 2.24) is 4.90 Å². The molecule has 1 aromatic carbocycles. The lowest BCUT2D eigenvalue weighted by Gasteiger charge is -2.35. The van der Waals surface area contributed by atoms with Crippen LogP contribution in [0, 0.1) is 6.92 Å². The molecule has 0 aliphatic carbocycles. The van der Waals surface area contributed by atoms with Crippen LogP contribution in [-0.2, 0) is 0 Å². The number of hydrogen-bond donors (Lipinski definition) is 1. The van der Waals surface area contributed by atoms with Gasteiger partial charge in [0.25, 0.3) is 0 Å². The minimum atomic E-state index is 0.513. The van der Waals surface area contributed by atoms with Gasteiger partial charge in [-0.05, 0) is 45.2 Å². The Kier molecular flexibility index (Phi) is 5.17. The zero-order valence-electron chi connectivity index (χ0n) is 12.9. The van der Waals surface area contributed by atoms with Crippen molar-refractivity contribution in [1.29, 1.82) is 0 Å².